The molecule has 2 aromatic rings. The van der Waals surface area contributed by atoms with Crippen molar-refractivity contribution in [3.05, 3.63) is 40.8 Å². The smallest absolute Gasteiger partial charge is 1.00 e. The zero-order valence-corrected chi connectivity index (χ0v) is 23.5. The fraction of sp³-hybridized carbons (Fsp3) is 0.389. The summed E-state index contributed by atoms with van der Waals surface area (Å²) < 4.78 is 41.5. The monoisotopic (exact) mass is 474 g/mol. The molecule has 0 radical (unpaired) electrons. The number of amides is 2. The number of carboxylic acid groups (broad SMARTS) is 1. The van der Waals surface area contributed by atoms with E-state index in [4.69, 9.17) is 5.11 Å². The number of hydrogen-bond donors (Lipinski definition) is 3. The maximum absolute atomic E-state index is 14.0. The molecular formula is C18H25FN4Na2O5S. The topological polar surface area (TPSA) is 130 Å². The first-order valence-corrected chi connectivity index (χ1v) is 10.3. The van der Waals surface area contributed by atoms with Crippen LogP contribution >= 0.6 is 0 Å². The summed E-state index contributed by atoms with van der Waals surface area (Å²) in [5.74, 6) is -2.08. The van der Waals surface area contributed by atoms with Gasteiger partial charge in [0, 0.05) is 18.8 Å². The number of nitrogens with zero attached hydrogens (tertiary/aromatic N) is 2. The van der Waals surface area contributed by atoms with Crippen molar-refractivity contribution in [1.29, 1.82) is 0 Å². The maximum Gasteiger partial charge on any atom is 1.00 e. The molecule has 0 unspecified atom stereocenters. The predicted molar refractivity (Wildman–Crippen MR) is 106 cm³/mol. The number of aromatic carboxylic acids is 1. The van der Waals surface area contributed by atoms with Crippen molar-refractivity contribution in [3.63, 3.8) is 0 Å². The van der Waals surface area contributed by atoms with Crippen molar-refractivity contribution in [3.8, 4) is 0 Å². The number of sulfonamides is 1. The SMILES string of the molecule is CC(C)c1cc(F)cc(C(C)C)c1NC(=O)NS(=O)(=O)c1cc(C(=O)O)n(C)n1.[H-].[H-].[Na+].[Na+]. The Morgan fingerprint density at radius 1 is 1.10 bits per heavy atom. The van der Waals surface area contributed by atoms with Crippen LogP contribution in [0, 0.1) is 5.82 Å². The minimum Gasteiger partial charge on any atom is -1.00 e. The first-order valence-electron chi connectivity index (χ1n) is 8.78. The number of aromatic nitrogens is 2. The Hall–Kier alpha value is -0.950. The number of aryl methyl sites for hydroxylation is 1. The molecule has 0 fully saturated rings. The Kier molecular flexibility index (Phi) is 11.4. The molecule has 0 saturated heterocycles. The molecule has 13 heteroatoms. The third-order valence-electron chi connectivity index (χ3n) is 4.23. The molecule has 2 amide bonds. The van der Waals surface area contributed by atoms with Crippen molar-refractivity contribution < 1.29 is 89.5 Å². The number of carboxylic acids is 1. The second-order valence-electron chi connectivity index (χ2n) is 7.12. The fourth-order valence-electron chi connectivity index (χ4n) is 2.79. The van der Waals surface area contributed by atoms with Gasteiger partial charge in [0.1, 0.15) is 11.5 Å². The largest absolute Gasteiger partial charge is 1.00 e. The van der Waals surface area contributed by atoms with Gasteiger partial charge in [-0.2, -0.15) is 13.5 Å². The Morgan fingerprint density at radius 2 is 1.58 bits per heavy atom. The van der Waals surface area contributed by atoms with Gasteiger partial charge in [0.05, 0.1) is 0 Å². The zero-order valence-electron chi connectivity index (χ0n) is 20.6. The first-order chi connectivity index (χ1) is 13.3. The number of benzene rings is 1. The molecule has 1 heterocycles. The molecule has 1 aromatic heterocycles. The summed E-state index contributed by atoms with van der Waals surface area (Å²) in [6.45, 7) is 7.28. The van der Waals surface area contributed by atoms with E-state index in [1.165, 1.54) is 19.2 Å². The van der Waals surface area contributed by atoms with Gasteiger partial charge in [0.15, 0.2) is 5.03 Å². The van der Waals surface area contributed by atoms with Crippen molar-refractivity contribution in [1.82, 2.24) is 14.5 Å². The molecular weight excluding hydrogens is 449 g/mol. The molecule has 3 N–H and O–H groups in total. The van der Waals surface area contributed by atoms with E-state index < -0.39 is 32.9 Å². The van der Waals surface area contributed by atoms with E-state index in [2.05, 4.69) is 10.4 Å². The molecule has 31 heavy (non-hydrogen) atoms. The van der Waals surface area contributed by atoms with Crippen LogP contribution in [0.15, 0.2) is 23.2 Å². The predicted octanol–water partition coefficient (Wildman–Crippen LogP) is -2.75. The number of hydrogen-bond acceptors (Lipinski definition) is 5. The molecule has 0 aliphatic rings. The molecule has 2 rings (SSSR count). The van der Waals surface area contributed by atoms with Gasteiger partial charge in [-0.3, -0.25) is 4.68 Å². The fourth-order valence-corrected chi connectivity index (χ4v) is 3.69. The van der Waals surface area contributed by atoms with Crippen LogP contribution in [0.2, 0.25) is 0 Å². The number of urea groups is 1. The van der Waals surface area contributed by atoms with E-state index in [1.54, 1.807) is 0 Å². The van der Waals surface area contributed by atoms with Crippen molar-refractivity contribution in [2.24, 2.45) is 7.05 Å². The van der Waals surface area contributed by atoms with Gasteiger partial charge >= 0.3 is 71.1 Å². The average Bonchev–Trinajstić information content (AvgIpc) is 2.98. The van der Waals surface area contributed by atoms with E-state index >= 15 is 0 Å². The summed E-state index contributed by atoms with van der Waals surface area (Å²) in [7, 11) is -3.15. The third kappa shape index (κ3) is 7.28. The number of halogens is 1. The molecule has 9 nitrogen and oxygen atoms in total. The number of carbonyl (C=O) groups excluding carboxylic acids is 1. The second-order valence-corrected chi connectivity index (χ2v) is 8.75. The average molecular weight is 474 g/mol. The van der Waals surface area contributed by atoms with E-state index in [0.29, 0.717) is 16.8 Å². The summed E-state index contributed by atoms with van der Waals surface area (Å²) in [5.41, 5.74) is 1.02. The summed E-state index contributed by atoms with van der Waals surface area (Å²) in [6, 6.07) is 2.36. The van der Waals surface area contributed by atoms with Crippen LogP contribution in [0.25, 0.3) is 0 Å². The number of anilines is 1. The molecule has 0 aliphatic heterocycles. The van der Waals surface area contributed by atoms with Crippen molar-refractivity contribution in [2.45, 2.75) is 44.6 Å². The molecule has 0 bridgehead atoms. The quantitative estimate of drug-likeness (QED) is 0.389. The van der Waals surface area contributed by atoms with E-state index in [1.807, 2.05) is 32.4 Å². The van der Waals surface area contributed by atoms with Gasteiger partial charge in [0.2, 0.25) is 0 Å². The van der Waals surface area contributed by atoms with Gasteiger partial charge in [-0.1, -0.05) is 27.7 Å². The summed E-state index contributed by atoms with van der Waals surface area (Å²) >= 11 is 0. The number of carbonyl (C=O) groups is 2. The van der Waals surface area contributed by atoms with Crippen LogP contribution < -0.4 is 69.2 Å². The zero-order chi connectivity index (χ0) is 22.1. The Balaban J connectivity index is -0.00000225. The van der Waals surface area contributed by atoms with E-state index in [0.717, 1.165) is 10.7 Å². The minimum absolute atomic E-state index is 0. The van der Waals surface area contributed by atoms with Crippen LogP contribution in [0.1, 0.15) is 64.0 Å². The Bertz CT molecular complexity index is 1050. The first kappa shape index (κ1) is 30.0. The van der Waals surface area contributed by atoms with E-state index in [-0.39, 0.29) is 79.5 Å². The summed E-state index contributed by atoms with van der Waals surface area (Å²) in [4.78, 5) is 23.5. The van der Waals surface area contributed by atoms with E-state index in [9.17, 15) is 22.4 Å². The molecule has 0 saturated carbocycles. The molecule has 0 spiro atoms. The van der Waals surface area contributed by atoms with Crippen LogP contribution in [0.5, 0.6) is 0 Å². The molecule has 162 valence electrons. The number of rotatable bonds is 6. The molecule has 1 aromatic carbocycles. The van der Waals surface area contributed by atoms with Gasteiger partial charge in [-0.05, 0) is 35.1 Å². The van der Waals surface area contributed by atoms with Crippen LogP contribution in [0.3, 0.4) is 0 Å². The molecule has 0 aliphatic carbocycles. The number of nitrogens with one attached hydrogen (secondary N) is 2. The van der Waals surface area contributed by atoms with Crippen molar-refractivity contribution in [2.75, 3.05) is 5.32 Å². The minimum atomic E-state index is -4.42. The second kappa shape index (κ2) is 11.8. The Morgan fingerprint density at radius 3 is 1.97 bits per heavy atom. The van der Waals surface area contributed by atoms with Crippen molar-refractivity contribution >= 4 is 27.7 Å². The summed E-state index contributed by atoms with van der Waals surface area (Å²) in [6.07, 6.45) is 0. The van der Waals surface area contributed by atoms with Crippen LogP contribution in [-0.4, -0.2) is 35.3 Å². The third-order valence-corrected chi connectivity index (χ3v) is 5.43. The van der Waals surface area contributed by atoms with Gasteiger partial charge in [-0.15, -0.1) is 0 Å². The normalized spacial score (nSPS) is 11.0. The standard InChI is InChI=1S/C18H23FN4O5S.2Na.2H/c1-9(2)12-6-11(19)7-13(10(3)4)16(12)20-18(26)22-29(27,28)15-8-14(17(24)25)23(5)21-15;;;;/h6-10H,1-5H3,(H,24,25)(H2,20,22,26);;;;/q;2*+1;2*-1. The van der Waals surface area contributed by atoms with Gasteiger partial charge < -0.3 is 13.3 Å². The summed E-state index contributed by atoms with van der Waals surface area (Å²) in [5, 5.41) is 14.5. The van der Waals surface area contributed by atoms with Crippen LogP contribution in [0.4, 0.5) is 14.9 Å². The maximum atomic E-state index is 14.0. The Labute approximate surface area is 227 Å². The van der Waals surface area contributed by atoms with Gasteiger partial charge in [0.25, 0.3) is 10.0 Å². The molecule has 0 atom stereocenters. The van der Waals surface area contributed by atoms with Crippen LogP contribution in [-0.2, 0) is 17.1 Å². The van der Waals surface area contributed by atoms with Gasteiger partial charge in [-0.25, -0.2) is 18.7 Å².